The van der Waals surface area contributed by atoms with Crippen LogP contribution in [0.25, 0.3) is 0 Å². The molecule has 1 aromatic rings. The molecule has 194 valence electrons. The summed E-state index contributed by atoms with van der Waals surface area (Å²) in [5, 5.41) is 52.6. The zero-order valence-electron chi connectivity index (χ0n) is 20.5. The number of aliphatic hydroxyl groups is 3. The predicted octanol–water partition coefficient (Wildman–Crippen LogP) is 1.20. The van der Waals surface area contributed by atoms with E-state index in [2.05, 4.69) is 25.7 Å². The number of esters is 1. The number of phenolic OH excluding ortho intramolecular Hbond substituents is 2. The number of hydrogen-bond donors (Lipinski definition) is 5. The van der Waals surface area contributed by atoms with Crippen LogP contribution in [0.4, 0.5) is 0 Å². The molecule has 4 aliphatic rings. The molecule has 35 heavy (non-hydrogen) atoms. The van der Waals surface area contributed by atoms with Gasteiger partial charge in [0.1, 0.15) is 24.4 Å². The Kier molecular flexibility index (Phi) is 5.76. The average molecular weight is 494 g/mol. The molecule has 4 unspecified atom stereocenters. The maximum atomic E-state index is 13.2. The minimum atomic E-state index is -1.54. The molecule has 0 aromatic heterocycles. The highest BCUT2D eigenvalue weighted by Gasteiger charge is 2.54. The first kappa shape index (κ1) is 24.6. The highest BCUT2D eigenvalue weighted by Crippen LogP contribution is 2.55. The number of methoxy groups -OCH3 is 1. The number of likely N-dealkylation sites (tertiary alicyclic amines) is 1. The molecular formula is C25H35NO9. The average Bonchev–Trinajstić information content (AvgIpc) is 3.01. The third-order valence-corrected chi connectivity index (χ3v) is 8.23. The van der Waals surface area contributed by atoms with Crippen molar-refractivity contribution in [2.45, 2.75) is 83.1 Å². The van der Waals surface area contributed by atoms with Gasteiger partial charge in [-0.05, 0) is 30.1 Å². The fraction of sp³-hybridized carbons (Fsp3) is 0.720. The molecule has 1 aliphatic carbocycles. The second kappa shape index (κ2) is 8.21. The van der Waals surface area contributed by atoms with Crippen molar-refractivity contribution in [3.63, 3.8) is 0 Å². The van der Waals surface area contributed by atoms with Gasteiger partial charge < -0.3 is 39.7 Å². The molecule has 0 amide bonds. The van der Waals surface area contributed by atoms with Crippen molar-refractivity contribution in [1.82, 2.24) is 4.90 Å². The number of carbonyl (C=O) groups is 1. The van der Waals surface area contributed by atoms with E-state index in [-0.39, 0.29) is 51.6 Å². The number of nitrogens with zero attached hydrogens (tertiary/aromatic N) is 1. The highest BCUT2D eigenvalue weighted by molar-refractivity contribution is 5.97. The second-order valence-corrected chi connectivity index (χ2v) is 11.7. The molecule has 7 atom stereocenters. The Balaban J connectivity index is 1.60. The van der Waals surface area contributed by atoms with Gasteiger partial charge in [-0.25, -0.2) is 4.79 Å². The number of benzene rings is 1. The summed E-state index contributed by atoms with van der Waals surface area (Å²) in [6, 6.07) is 0.271. The van der Waals surface area contributed by atoms with Gasteiger partial charge in [-0.15, -0.1) is 0 Å². The van der Waals surface area contributed by atoms with Crippen LogP contribution in [-0.4, -0.2) is 87.1 Å². The first-order valence-electron chi connectivity index (χ1n) is 12.1. The summed E-state index contributed by atoms with van der Waals surface area (Å²) in [4.78, 5) is 15.5. The van der Waals surface area contributed by atoms with E-state index >= 15 is 0 Å². The lowest BCUT2D eigenvalue weighted by Crippen LogP contribution is -2.58. The molecule has 3 aliphatic heterocycles. The number of fused-ring (bicyclic) bond motifs is 5. The Labute approximate surface area is 204 Å². The van der Waals surface area contributed by atoms with E-state index in [0.717, 1.165) is 25.8 Å². The van der Waals surface area contributed by atoms with E-state index < -0.39 is 48.8 Å². The third-order valence-electron chi connectivity index (χ3n) is 8.23. The molecule has 1 saturated carbocycles. The lowest BCUT2D eigenvalue weighted by molar-refractivity contribution is -0.235. The van der Waals surface area contributed by atoms with Crippen LogP contribution in [0.15, 0.2) is 0 Å². The maximum Gasteiger partial charge on any atom is 0.339 e. The molecule has 10 heteroatoms. The molecule has 2 bridgehead atoms. The van der Waals surface area contributed by atoms with Crippen LogP contribution in [0.2, 0.25) is 0 Å². The second-order valence-electron chi connectivity index (χ2n) is 11.7. The van der Waals surface area contributed by atoms with E-state index in [9.17, 15) is 30.3 Å². The smallest absolute Gasteiger partial charge is 0.339 e. The summed E-state index contributed by atoms with van der Waals surface area (Å²) in [6.07, 6.45) is -3.55. The van der Waals surface area contributed by atoms with Gasteiger partial charge in [0.2, 0.25) is 5.75 Å². The van der Waals surface area contributed by atoms with Crippen molar-refractivity contribution in [3.8, 4) is 17.2 Å². The van der Waals surface area contributed by atoms with Crippen molar-refractivity contribution in [3.05, 3.63) is 16.7 Å². The Morgan fingerprint density at radius 1 is 1.11 bits per heavy atom. The Morgan fingerprint density at radius 3 is 2.49 bits per heavy atom. The van der Waals surface area contributed by atoms with Gasteiger partial charge in [-0.1, -0.05) is 20.8 Å². The number of rotatable bonds is 4. The van der Waals surface area contributed by atoms with Crippen molar-refractivity contribution < 1.29 is 44.5 Å². The summed E-state index contributed by atoms with van der Waals surface area (Å²) in [7, 11) is 1.30. The van der Waals surface area contributed by atoms with Crippen molar-refractivity contribution >= 4 is 5.97 Å². The van der Waals surface area contributed by atoms with Crippen LogP contribution in [0.3, 0.4) is 0 Å². The normalized spacial score (nSPS) is 38.0. The first-order chi connectivity index (χ1) is 16.4. The van der Waals surface area contributed by atoms with Crippen LogP contribution in [0.1, 0.15) is 67.6 Å². The molecule has 2 saturated heterocycles. The minimum Gasteiger partial charge on any atom is -0.504 e. The minimum absolute atomic E-state index is 0.0222. The summed E-state index contributed by atoms with van der Waals surface area (Å²) in [5.41, 5.74) is 0.549. The molecule has 3 heterocycles. The van der Waals surface area contributed by atoms with E-state index in [0.29, 0.717) is 0 Å². The summed E-state index contributed by atoms with van der Waals surface area (Å²) >= 11 is 0. The monoisotopic (exact) mass is 493 g/mol. The van der Waals surface area contributed by atoms with E-state index in [4.69, 9.17) is 14.2 Å². The standard InChI is InChI=1S/C25H35NO9/c1-24(2)5-11-6-25(3,9-24)10-26(11)7-12-14-15(18(30)21(33-4)16(12)28)20-22(35-23(14)32)19(31)17(29)13(8-27)34-20/h11,13,17,19-20,22,27-31H,5-10H2,1-4H3/t11?,13-,17-,19+,20?,22?,25?/m1/s1. The fourth-order valence-corrected chi connectivity index (χ4v) is 7.23. The molecule has 10 nitrogen and oxygen atoms in total. The van der Waals surface area contributed by atoms with Gasteiger partial charge in [-0.2, -0.15) is 0 Å². The van der Waals surface area contributed by atoms with Crippen LogP contribution in [0.5, 0.6) is 17.2 Å². The zero-order chi connectivity index (χ0) is 25.4. The van der Waals surface area contributed by atoms with Crippen molar-refractivity contribution in [2.24, 2.45) is 10.8 Å². The number of ether oxygens (including phenoxy) is 3. The van der Waals surface area contributed by atoms with Gasteiger partial charge in [0.25, 0.3) is 0 Å². The number of aliphatic hydroxyl groups excluding tert-OH is 3. The van der Waals surface area contributed by atoms with Gasteiger partial charge in [0, 0.05) is 30.3 Å². The van der Waals surface area contributed by atoms with Crippen LogP contribution in [-0.2, 0) is 16.0 Å². The van der Waals surface area contributed by atoms with Gasteiger partial charge in [0.05, 0.1) is 19.3 Å². The van der Waals surface area contributed by atoms with Crippen molar-refractivity contribution in [1.29, 1.82) is 0 Å². The van der Waals surface area contributed by atoms with Crippen molar-refractivity contribution in [2.75, 3.05) is 20.3 Å². The summed E-state index contributed by atoms with van der Waals surface area (Å²) in [5.74, 6) is -1.88. The molecule has 0 radical (unpaired) electrons. The van der Waals surface area contributed by atoms with E-state index in [1.807, 2.05) is 0 Å². The van der Waals surface area contributed by atoms with Crippen LogP contribution >= 0.6 is 0 Å². The largest absolute Gasteiger partial charge is 0.504 e. The quantitative estimate of drug-likeness (QED) is 0.387. The van der Waals surface area contributed by atoms with Gasteiger partial charge >= 0.3 is 5.97 Å². The first-order valence-corrected chi connectivity index (χ1v) is 12.1. The highest BCUT2D eigenvalue weighted by atomic mass is 16.6. The predicted molar refractivity (Wildman–Crippen MR) is 122 cm³/mol. The Morgan fingerprint density at radius 2 is 1.83 bits per heavy atom. The van der Waals surface area contributed by atoms with Crippen LogP contribution < -0.4 is 4.74 Å². The fourth-order valence-electron chi connectivity index (χ4n) is 7.23. The molecule has 5 rings (SSSR count). The number of aromatic hydroxyl groups is 2. The third kappa shape index (κ3) is 3.77. The van der Waals surface area contributed by atoms with Crippen LogP contribution in [0, 0.1) is 10.8 Å². The number of hydrogen-bond acceptors (Lipinski definition) is 10. The van der Waals surface area contributed by atoms with E-state index in [1.165, 1.54) is 7.11 Å². The molecule has 0 spiro atoms. The summed E-state index contributed by atoms with van der Waals surface area (Å²) < 4.78 is 16.6. The molecular weight excluding hydrogens is 458 g/mol. The zero-order valence-corrected chi connectivity index (χ0v) is 20.5. The SMILES string of the molecule is COc1c(O)c(CN2CC3(C)CC2CC(C)(C)C3)c2c(c1O)C1O[C@H](CO)[C@@H](O)[C@H](O)C1OC2=O. The lowest BCUT2D eigenvalue weighted by Gasteiger charge is -2.45. The number of phenols is 2. The van der Waals surface area contributed by atoms with E-state index in [1.54, 1.807) is 0 Å². The Hall–Kier alpha value is -2.11. The molecule has 5 N–H and O–H groups in total. The van der Waals surface area contributed by atoms with Gasteiger partial charge in [0.15, 0.2) is 17.6 Å². The lowest BCUT2D eigenvalue weighted by atomic mass is 9.65. The molecule has 1 aromatic carbocycles. The topological polar surface area (TPSA) is 149 Å². The molecule has 3 fully saturated rings. The number of carbonyl (C=O) groups excluding carboxylic acids is 1. The maximum absolute atomic E-state index is 13.2. The Bertz CT molecular complexity index is 1040. The summed E-state index contributed by atoms with van der Waals surface area (Å²) in [6.45, 7) is 7.25. The van der Waals surface area contributed by atoms with Gasteiger partial charge in [-0.3, -0.25) is 4.90 Å².